The Balaban J connectivity index is 1.66. The minimum atomic E-state index is -3.75. The zero-order chi connectivity index (χ0) is 29.6. The average molecular weight is 669 g/mol. The monoisotopic (exact) mass is 667 g/mol. The van der Waals surface area contributed by atoms with Gasteiger partial charge < -0.3 is 14.2 Å². The smallest absolute Gasteiger partial charge is 0.240 e. The first kappa shape index (κ1) is 33.2. The number of nitrogens with zero attached hydrogens (tertiary/aromatic N) is 1. The van der Waals surface area contributed by atoms with Crippen molar-refractivity contribution in [2.24, 2.45) is 0 Å². The van der Waals surface area contributed by atoms with Gasteiger partial charge in [-0.2, -0.15) is 0 Å². The third-order valence-corrected chi connectivity index (χ3v) is 12.5. The van der Waals surface area contributed by atoms with Crippen LogP contribution in [0, 0.1) is 6.92 Å². The molecule has 0 heterocycles. The first-order chi connectivity index (χ1) is 18.6. The van der Waals surface area contributed by atoms with Gasteiger partial charge in [-0.1, -0.05) is 73.4 Å². The molecule has 40 heavy (non-hydrogen) atoms. The summed E-state index contributed by atoms with van der Waals surface area (Å²) < 4.78 is 47.0. The van der Waals surface area contributed by atoms with Gasteiger partial charge in [0, 0.05) is 39.2 Å². The van der Waals surface area contributed by atoms with Crippen molar-refractivity contribution in [3.8, 4) is 5.75 Å². The molecule has 6 nitrogen and oxygen atoms in total. The van der Waals surface area contributed by atoms with Gasteiger partial charge in [0.25, 0.3) is 0 Å². The summed E-state index contributed by atoms with van der Waals surface area (Å²) in [5, 5.41) is 1.25. The molecule has 0 radical (unpaired) electrons. The highest BCUT2D eigenvalue weighted by atomic mass is 79.9. The molecule has 0 spiro atoms. The Hall–Kier alpha value is -1.28. The molecular weight excluding hydrogens is 622 g/mol. The molecule has 0 N–H and O–H groups in total. The van der Waals surface area contributed by atoms with Crippen molar-refractivity contribution >= 4 is 48.2 Å². The third-order valence-electron chi connectivity index (χ3n) is 6.92. The molecule has 1 atom stereocenters. The van der Waals surface area contributed by atoms with Crippen LogP contribution in [0.3, 0.4) is 0 Å². The summed E-state index contributed by atoms with van der Waals surface area (Å²) >= 11 is 3.65. The lowest BCUT2D eigenvalue weighted by atomic mass is 10.1. The summed E-state index contributed by atoms with van der Waals surface area (Å²) in [5.74, 6) is 0.781. The lowest BCUT2D eigenvalue weighted by Crippen LogP contribution is -2.35. The molecule has 1 aliphatic carbocycles. The minimum absolute atomic E-state index is 0.0177. The summed E-state index contributed by atoms with van der Waals surface area (Å²) in [6, 6.07) is 14.0. The van der Waals surface area contributed by atoms with Gasteiger partial charge in [-0.15, -0.1) is 4.31 Å². The summed E-state index contributed by atoms with van der Waals surface area (Å²) in [6.45, 7) is 16.7. The van der Waals surface area contributed by atoms with Crippen LogP contribution < -0.4 is 4.74 Å². The number of sulfonamides is 1. The fraction of sp³-hybridized carbons (Fsp3) is 0.533. The number of rotatable bonds is 15. The van der Waals surface area contributed by atoms with E-state index in [1.807, 2.05) is 31.2 Å². The van der Waals surface area contributed by atoms with Crippen molar-refractivity contribution in [3.63, 3.8) is 0 Å². The highest BCUT2D eigenvalue weighted by Crippen LogP contribution is 2.38. The van der Waals surface area contributed by atoms with Crippen LogP contribution in [0.25, 0.3) is 6.08 Å². The second-order valence-corrected chi connectivity index (χ2v) is 26.9. The molecule has 0 amide bonds. The molecule has 1 unspecified atom stereocenters. The number of fused-ring (bicyclic) bond motifs is 1. The Labute approximate surface area is 252 Å². The van der Waals surface area contributed by atoms with Crippen LogP contribution in [0.1, 0.15) is 34.8 Å². The summed E-state index contributed by atoms with van der Waals surface area (Å²) in [4.78, 5) is 0. The number of aryl methyl sites for hydroxylation is 1. The van der Waals surface area contributed by atoms with Crippen molar-refractivity contribution in [1.29, 1.82) is 0 Å². The zero-order valence-corrected chi connectivity index (χ0v) is 29.5. The molecule has 2 aromatic rings. The third kappa shape index (κ3) is 10.5. The highest BCUT2D eigenvalue weighted by molar-refractivity contribution is 9.10. The maximum Gasteiger partial charge on any atom is 0.240 e. The predicted molar refractivity (Wildman–Crippen MR) is 175 cm³/mol. The molecule has 0 aliphatic heterocycles. The van der Waals surface area contributed by atoms with E-state index in [4.69, 9.17) is 14.2 Å². The lowest BCUT2D eigenvalue weighted by molar-refractivity contribution is 0.00888. The van der Waals surface area contributed by atoms with Crippen LogP contribution in [0.5, 0.6) is 5.75 Å². The fourth-order valence-electron chi connectivity index (χ4n) is 4.29. The van der Waals surface area contributed by atoms with Gasteiger partial charge in [0.15, 0.2) is 0 Å². The van der Waals surface area contributed by atoms with E-state index in [1.54, 1.807) is 6.08 Å². The standard InChI is InChI=1S/C30H46BrNO5SSi2/c1-24-21-26(37-30-14-13-27-28(30)9-8-10-29(27)31)12-11-25(24)15-18-38(33,34)32(22-35-16-19-39(2,3)4)23-36-17-20-40(5,6)7/h8-12,15,18,21,30H,13-14,16-17,19-20,22-23H2,1-7H3/b18-15+. The largest absolute Gasteiger partial charge is 0.486 e. The van der Waals surface area contributed by atoms with Crippen molar-refractivity contribution in [2.75, 3.05) is 26.7 Å². The molecular formula is C30H46BrNO5SSi2. The fourth-order valence-corrected chi connectivity index (χ4v) is 7.31. The Morgan fingerprint density at radius 3 is 2.17 bits per heavy atom. The number of ether oxygens (including phenoxy) is 3. The van der Waals surface area contributed by atoms with E-state index in [2.05, 4.69) is 67.3 Å². The molecule has 2 aromatic carbocycles. The first-order valence-electron chi connectivity index (χ1n) is 14.0. The van der Waals surface area contributed by atoms with E-state index in [0.29, 0.717) is 13.2 Å². The quantitative estimate of drug-likeness (QED) is 0.109. The van der Waals surface area contributed by atoms with E-state index in [0.717, 1.165) is 46.3 Å². The Kier molecular flexibility index (Phi) is 11.8. The summed E-state index contributed by atoms with van der Waals surface area (Å²) in [6.07, 6.45) is 3.59. The SMILES string of the molecule is Cc1cc(OC2CCc3c(Br)cccc32)ccc1/C=C/S(=O)(=O)N(COCC[Si](C)(C)C)COCC[Si](C)(C)C. The van der Waals surface area contributed by atoms with Crippen LogP contribution in [-0.2, 0) is 25.9 Å². The van der Waals surface area contributed by atoms with Crippen LogP contribution >= 0.6 is 15.9 Å². The highest BCUT2D eigenvalue weighted by Gasteiger charge is 2.26. The minimum Gasteiger partial charge on any atom is -0.486 e. The van der Waals surface area contributed by atoms with Gasteiger partial charge in [-0.25, -0.2) is 8.42 Å². The van der Waals surface area contributed by atoms with Crippen molar-refractivity contribution in [3.05, 3.63) is 68.5 Å². The van der Waals surface area contributed by atoms with Crippen LogP contribution in [0.15, 0.2) is 46.3 Å². The summed E-state index contributed by atoms with van der Waals surface area (Å²) in [7, 11) is -6.30. The first-order valence-corrected chi connectivity index (χ1v) is 23.7. The molecule has 3 rings (SSSR count). The number of hydrogen-bond donors (Lipinski definition) is 0. The van der Waals surface area contributed by atoms with Gasteiger partial charge in [0.1, 0.15) is 25.3 Å². The van der Waals surface area contributed by atoms with Crippen LogP contribution in [0.2, 0.25) is 51.4 Å². The number of benzene rings is 2. The Morgan fingerprint density at radius 2 is 1.60 bits per heavy atom. The van der Waals surface area contributed by atoms with Gasteiger partial charge in [0.05, 0.1) is 0 Å². The second kappa shape index (κ2) is 14.3. The van der Waals surface area contributed by atoms with Gasteiger partial charge in [-0.3, -0.25) is 0 Å². The van der Waals surface area contributed by atoms with Gasteiger partial charge in [0.2, 0.25) is 10.0 Å². The Morgan fingerprint density at radius 1 is 0.975 bits per heavy atom. The van der Waals surface area contributed by atoms with Crippen molar-refractivity contribution in [2.45, 2.75) is 77.2 Å². The van der Waals surface area contributed by atoms with Gasteiger partial charge >= 0.3 is 0 Å². The van der Waals surface area contributed by atoms with Gasteiger partial charge in [-0.05, 0) is 78.4 Å². The average Bonchev–Trinajstić information content (AvgIpc) is 3.25. The lowest BCUT2D eigenvalue weighted by Gasteiger charge is -2.23. The van der Waals surface area contributed by atoms with E-state index < -0.39 is 26.2 Å². The molecule has 0 saturated heterocycles. The summed E-state index contributed by atoms with van der Waals surface area (Å²) in [5.41, 5.74) is 4.30. The molecule has 0 saturated carbocycles. The molecule has 0 bridgehead atoms. The molecule has 10 heteroatoms. The molecule has 0 aromatic heterocycles. The number of halogens is 1. The van der Waals surface area contributed by atoms with E-state index in [9.17, 15) is 8.42 Å². The molecule has 1 aliphatic rings. The number of hydrogen-bond acceptors (Lipinski definition) is 5. The van der Waals surface area contributed by atoms with E-state index >= 15 is 0 Å². The second-order valence-electron chi connectivity index (χ2n) is 13.0. The predicted octanol–water partition coefficient (Wildman–Crippen LogP) is 8.05. The molecule has 222 valence electrons. The topological polar surface area (TPSA) is 65.1 Å². The Bertz CT molecular complexity index is 1250. The maximum atomic E-state index is 13.3. The van der Waals surface area contributed by atoms with Crippen LogP contribution in [0.4, 0.5) is 0 Å². The maximum absolute atomic E-state index is 13.3. The van der Waals surface area contributed by atoms with Crippen molar-refractivity contribution < 1.29 is 22.6 Å². The van der Waals surface area contributed by atoms with Crippen molar-refractivity contribution in [1.82, 2.24) is 4.31 Å². The van der Waals surface area contributed by atoms with E-state index in [-0.39, 0.29) is 19.6 Å². The zero-order valence-electron chi connectivity index (χ0n) is 25.1. The normalized spacial score (nSPS) is 16.2. The van der Waals surface area contributed by atoms with E-state index in [1.165, 1.54) is 20.8 Å². The van der Waals surface area contributed by atoms with Crippen LogP contribution in [-0.4, -0.2) is 55.5 Å². The molecule has 0 fully saturated rings.